The Morgan fingerprint density at radius 1 is 0.433 bits per heavy atom. The van der Waals surface area contributed by atoms with Crippen LogP contribution in [0.3, 0.4) is 0 Å². The zero-order valence-corrected chi connectivity index (χ0v) is 84.7. The van der Waals surface area contributed by atoms with Gasteiger partial charge in [0.05, 0.1) is 137 Å². The summed E-state index contributed by atoms with van der Waals surface area (Å²) in [5.41, 5.74) is 5.01. The van der Waals surface area contributed by atoms with E-state index in [1.165, 1.54) is 86.9 Å². The number of nitrogens with zero attached hydrogens (tertiary/aromatic N) is 8. The summed E-state index contributed by atoms with van der Waals surface area (Å²) in [6.07, 6.45) is -3.52. The van der Waals surface area contributed by atoms with Crippen LogP contribution in [0.25, 0.3) is 0 Å². The van der Waals surface area contributed by atoms with Crippen LogP contribution in [0.1, 0.15) is 92.2 Å². The van der Waals surface area contributed by atoms with Crippen molar-refractivity contribution in [3.63, 3.8) is 0 Å². The summed E-state index contributed by atoms with van der Waals surface area (Å²) in [7, 11) is 7.54. The van der Waals surface area contributed by atoms with Gasteiger partial charge in [0.15, 0.2) is 6.80 Å². The Balaban J connectivity index is 0.000000262. The number of rotatable bonds is 46. The Bertz CT molecular complexity index is 5400. The molecule has 0 spiro atoms. The molecule has 4 aliphatic heterocycles. The third kappa shape index (κ3) is 40.5. The van der Waals surface area contributed by atoms with E-state index >= 15 is 0 Å². The van der Waals surface area contributed by atoms with Gasteiger partial charge in [-0.1, -0.05) is 42.4 Å². The normalized spacial score (nSPS) is 22.7. The maximum atomic E-state index is 13.1. The Labute approximate surface area is 799 Å². The largest absolute Gasteiger partial charge is 0.812 e. The maximum Gasteiger partial charge on any atom is 0.297 e. The number of hydrogen-bond acceptors (Lipinski definition) is 39. The Morgan fingerprint density at radius 3 is 1.07 bits per heavy atom. The smallest absolute Gasteiger partial charge is 0.297 e. The third-order valence-corrected chi connectivity index (χ3v) is 30.7. The van der Waals surface area contributed by atoms with Crippen LogP contribution in [0.5, 0.6) is 0 Å². The topological polar surface area (TPSA) is 524 Å². The molecule has 54 heteroatoms. The first kappa shape index (κ1) is 116. The number of anilines is 2. The van der Waals surface area contributed by atoms with Crippen molar-refractivity contribution in [2.24, 2.45) is 20.5 Å². The van der Waals surface area contributed by atoms with E-state index in [9.17, 15) is 71.8 Å². The molecule has 0 bridgehead atoms. The van der Waals surface area contributed by atoms with Crippen molar-refractivity contribution in [2.45, 2.75) is 211 Å². The van der Waals surface area contributed by atoms with Crippen LogP contribution in [0.15, 0.2) is 186 Å². The van der Waals surface area contributed by atoms with Crippen molar-refractivity contribution in [1.29, 1.82) is 0 Å². The van der Waals surface area contributed by atoms with E-state index in [0.717, 1.165) is 32.1 Å². The van der Waals surface area contributed by atoms with Gasteiger partial charge in [-0.2, -0.15) is 41.6 Å². The maximum absolute atomic E-state index is 13.1. The van der Waals surface area contributed by atoms with E-state index in [2.05, 4.69) is 32.3 Å². The summed E-state index contributed by atoms with van der Waals surface area (Å²) in [6.45, 7) is 4.49. The van der Waals surface area contributed by atoms with Crippen molar-refractivity contribution in [3.8, 4) is 0 Å². The van der Waals surface area contributed by atoms with Gasteiger partial charge in [-0.3, -0.25) is 22.4 Å². The number of phosphoric ester groups is 2. The van der Waals surface area contributed by atoms with Gasteiger partial charge in [0.25, 0.3) is 35.9 Å². The van der Waals surface area contributed by atoms with Gasteiger partial charge < -0.3 is 99.3 Å². The van der Waals surface area contributed by atoms with E-state index in [0.29, 0.717) is 64.5 Å². The van der Waals surface area contributed by atoms with E-state index < -0.39 is 149 Å². The minimum atomic E-state index is -4.75. The first-order valence-corrected chi connectivity index (χ1v) is 56.1. The van der Waals surface area contributed by atoms with E-state index in [4.69, 9.17) is 105 Å². The molecule has 6 aromatic carbocycles. The van der Waals surface area contributed by atoms with Gasteiger partial charge in [0.2, 0.25) is 20.0 Å². The number of hydrogen-bond donors (Lipinski definition) is 1. The second kappa shape index (κ2) is 53.2. The molecule has 8 radical (unpaired) electrons. The highest BCUT2D eigenvalue weighted by atomic mass is 32.7. The summed E-state index contributed by atoms with van der Waals surface area (Å²) in [4.78, 5) is 62.0. The summed E-state index contributed by atoms with van der Waals surface area (Å²) < 4.78 is 226. The van der Waals surface area contributed by atoms with Crippen LogP contribution < -0.4 is 34.3 Å². The van der Waals surface area contributed by atoms with Crippen LogP contribution in [0.2, 0.25) is 0 Å². The summed E-state index contributed by atoms with van der Waals surface area (Å²) >= 11 is 4.74. The molecule has 134 heavy (non-hydrogen) atoms. The number of likely N-dealkylation sites (N-methyl/N-ethyl adjacent to an activating group) is 1. The predicted octanol–water partition coefficient (Wildman–Crippen LogP) is 8.39. The Morgan fingerprint density at radius 2 is 0.746 bits per heavy atom. The van der Waals surface area contributed by atoms with Gasteiger partial charge in [0.1, 0.15) is 55.8 Å². The lowest BCUT2D eigenvalue weighted by Gasteiger charge is -2.38. The molecule has 4 fully saturated rings. The molecule has 4 heterocycles. The summed E-state index contributed by atoms with van der Waals surface area (Å²) in [5, 5.41) is 16.7. The zero-order valence-electron chi connectivity index (χ0n) is 76.2. The molecule has 4 saturated heterocycles. The molecule has 6 aromatic rings. The van der Waals surface area contributed by atoms with Crippen molar-refractivity contribution >= 4 is 158 Å². The summed E-state index contributed by atoms with van der Waals surface area (Å²) in [5.74, 6) is -0.0256. The van der Waals surface area contributed by atoms with Crippen molar-refractivity contribution in [1.82, 2.24) is 8.61 Å². The molecular formula is C80H111B4N8O32P4S6-5. The summed E-state index contributed by atoms with van der Waals surface area (Å²) in [6, 6.07) is 34.4. The molecule has 1 N–H and O–H groups in total. The first-order chi connectivity index (χ1) is 62.4. The van der Waals surface area contributed by atoms with E-state index in [-0.39, 0.29) is 108 Å². The van der Waals surface area contributed by atoms with Crippen LogP contribution >= 0.6 is 40.5 Å². The molecule has 0 saturated carbocycles. The highest BCUT2D eigenvalue weighted by molar-refractivity contribution is 8.54. The fourth-order valence-electron chi connectivity index (χ4n) is 12.4. The van der Waals surface area contributed by atoms with Gasteiger partial charge in [-0.05, 0) is 214 Å². The average Bonchev–Trinajstić information content (AvgIpc) is 1.09. The SMILES string of the molecule is [B][C@H]1CC(OC(C)C)[C@@H](COP(=O)([O-])OCc2ccc(S(=O)(=O)O)cc2)O1.[B][C@H]1CC(OC(C)C)[C@@H](COP(=O)([O-])OCc2ccc(S(=O)(=O)OCCN(C)S(=O)(=O)c3ccc(N=Nc4ccc(N(C)C)cc4)cc3)cc2)O1.[B][C@H]1CC(OP(=O)([O-])SCCN(C)S(=O)(=O)c2ccc(N=Nc3ccc(N(C)C)cc3)cc2)[C@@H](COC(C)C)O1.[B][C@H]1CC(OP([O-])([O-])=S)[C@@H](COC(C)C)O1. The standard InChI is InChI=1S/C32H42BN4O11PS2.C25H36BN4O7PS2.C15H22BO9PS.C8H16BO5PS/c1-23(2)47-30-20-32(33)48-31(30)22-45-49(38,39)44-21-24-6-14-29(15-7-24)51(42,43)46-19-18-37(5)50(40,41)28-16-10-26(11-17-28)35-34-25-8-12-27(13-9-25)36(3)4;1-18(2)35-17-24-23(16-25(26)36-24)37-38(31,32)39-15-14-30(5)40(33,34)22-12-8-20(9-13-22)28-27-19-6-10-21(11-7-19)29(3)4;1-10(2)24-13-7-15(16)25-14(13)9-23-26(17,18)22-8-11-3-5-12(6-4-11)27(19,20)21;1-5(2)12-4-7-6(3-8(9)13-7)14-15(10,11)16/h6-17,23,30-32H,18-22H2,1-5H3,(H,38,39);6-13,18,23-25H,14-17H2,1-5H3,(H,31,32);3-6,10,13-15H,7-9H2,1-2H3,(H,17,18)(H,19,20,21);5-8H,3-4H2,1-2H3,(H2,10,11,16)/p-5/t30?,31-,32-;23?,24-,25-;13?,14-,15-;6?,7-,8-/m1111/s1. The van der Waals surface area contributed by atoms with Gasteiger partial charge in [-0.15, -0.1) is 11.8 Å². The number of azo groups is 2. The Kier molecular flexibility index (Phi) is 46.0. The van der Waals surface area contributed by atoms with E-state index in [1.54, 1.807) is 12.1 Å². The lowest BCUT2D eigenvalue weighted by molar-refractivity contribution is -0.325. The number of ether oxygens (including phenoxy) is 8. The number of sulfonamides is 2. The fraction of sp³-hybridized carbons (Fsp3) is 0.550. The first-order valence-electron chi connectivity index (χ1n) is 41.7. The van der Waals surface area contributed by atoms with E-state index in [1.807, 2.05) is 142 Å². The quantitative estimate of drug-likeness (QED) is 0.0123. The van der Waals surface area contributed by atoms with Crippen molar-refractivity contribution < 1.29 is 146 Å². The van der Waals surface area contributed by atoms with Crippen LogP contribution in [-0.4, -0.2) is 270 Å². The second-order valence-electron chi connectivity index (χ2n) is 32.0. The van der Waals surface area contributed by atoms with Crippen LogP contribution in [0.4, 0.5) is 34.1 Å². The monoisotopic (exact) mass is 2060 g/mol. The van der Waals surface area contributed by atoms with Crippen molar-refractivity contribution in [2.75, 3.05) is 104 Å². The molecule has 0 amide bonds. The molecule has 10 rings (SSSR count). The minimum Gasteiger partial charge on any atom is -0.812 e. The Hall–Kier alpha value is -5.05. The number of benzene rings is 6. The fourth-order valence-corrected chi connectivity index (χ4v) is 21.2. The second-order valence-corrected chi connectivity index (χ2v) is 48.2. The molecule has 4 aliphatic rings. The molecular weight excluding hydrogens is 1940 g/mol. The highest BCUT2D eigenvalue weighted by Crippen LogP contribution is 2.54. The molecule has 736 valence electrons. The molecule has 7 unspecified atom stereocenters. The van der Waals surface area contributed by atoms with Crippen LogP contribution in [0, 0.1) is 0 Å². The van der Waals surface area contributed by atoms with Gasteiger partial charge in [0, 0.05) is 96.5 Å². The molecule has 15 atom stereocenters. The lowest BCUT2D eigenvalue weighted by atomic mass is 9.96. The number of phosphoric acid groups is 2. The van der Waals surface area contributed by atoms with Gasteiger partial charge >= 0.3 is 0 Å². The predicted molar refractivity (Wildman–Crippen MR) is 497 cm³/mol. The minimum absolute atomic E-state index is 0.0200. The lowest BCUT2D eigenvalue weighted by Crippen LogP contribution is -2.32. The molecule has 40 nitrogen and oxygen atoms in total. The third-order valence-electron chi connectivity index (χ3n) is 19.2. The van der Waals surface area contributed by atoms with Crippen LogP contribution in [-0.2, 0) is 148 Å². The van der Waals surface area contributed by atoms with Crippen molar-refractivity contribution in [3.05, 3.63) is 157 Å². The highest BCUT2D eigenvalue weighted by Gasteiger charge is 2.40. The zero-order chi connectivity index (χ0) is 99.5. The molecule has 0 aliphatic carbocycles. The average molecular weight is 2060 g/mol. The van der Waals surface area contributed by atoms with Gasteiger partial charge in [-0.25, -0.2) is 21.1 Å². The molecule has 0 aromatic heterocycles.